The molecule has 130 valence electrons. The molecular formula is C18H16Cl2N2O2S. The van der Waals surface area contributed by atoms with Crippen molar-refractivity contribution in [2.45, 2.75) is 13.1 Å². The van der Waals surface area contributed by atoms with E-state index in [0.29, 0.717) is 28.8 Å². The Morgan fingerprint density at radius 3 is 2.52 bits per heavy atom. The highest BCUT2D eigenvalue weighted by Crippen LogP contribution is 2.29. The van der Waals surface area contributed by atoms with Crippen LogP contribution in [0.2, 0.25) is 10.0 Å². The zero-order chi connectivity index (χ0) is 17.6. The molecule has 0 saturated heterocycles. The first-order valence-corrected chi connectivity index (χ1v) is 9.26. The van der Waals surface area contributed by atoms with Crippen LogP contribution in [0, 0.1) is 0 Å². The van der Waals surface area contributed by atoms with Gasteiger partial charge in [0.15, 0.2) is 0 Å². The number of carbonyl (C=O) groups is 1. The van der Waals surface area contributed by atoms with E-state index in [0.717, 1.165) is 5.76 Å². The molecule has 25 heavy (non-hydrogen) atoms. The normalized spacial score (nSPS) is 11.0. The van der Waals surface area contributed by atoms with Gasteiger partial charge in [0, 0.05) is 11.4 Å². The van der Waals surface area contributed by atoms with Gasteiger partial charge in [-0.1, -0.05) is 35.3 Å². The Labute approximate surface area is 160 Å². The average molecular weight is 395 g/mol. The van der Waals surface area contributed by atoms with Gasteiger partial charge in [-0.15, -0.1) is 11.3 Å². The molecule has 1 aromatic carbocycles. The third-order valence-corrected chi connectivity index (χ3v) is 5.00. The Morgan fingerprint density at radius 2 is 1.88 bits per heavy atom. The van der Waals surface area contributed by atoms with Gasteiger partial charge in [0.2, 0.25) is 5.91 Å². The Kier molecular flexibility index (Phi) is 6.15. The summed E-state index contributed by atoms with van der Waals surface area (Å²) in [6.07, 6.45) is 1.63. The van der Waals surface area contributed by atoms with Gasteiger partial charge in [0.25, 0.3) is 0 Å². The van der Waals surface area contributed by atoms with E-state index in [1.165, 1.54) is 4.88 Å². The molecule has 0 saturated carbocycles. The van der Waals surface area contributed by atoms with E-state index in [1.54, 1.807) is 35.8 Å². The van der Waals surface area contributed by atoms with Crippen LogP contribution in [0.1, 0.15) is 10.6 Å². The van der Waals surface area contributed by atoms with Gasteiger partial charge >= 0.3 is 0 Å². The molecule has 0 aliphatic carbocycles. The summed E-state index contributed by atoms with van der Waals surface area (Å²) in [6.45, 7) is 1.39. The molecule has 0 unspecified atom stereocenters. The predicted molar refractivity (Wildman–Crippen MR) is 102 cm³/mol. The lowest BCUT2D eigenvalue weighted by atomic mass is 10.3. The maximum absolute atomic E-state index is 12.5. The fourth-order valence-corrected chi connectivity index (χ4v) is 3.65. The van der Waals surface area contributed by atoms with E-state index >= 15 is 0 Å². The van der Waals surface area contributed by atoms with Crippen molar-refractivity contribution in [2.75, 3.05) is 11.9 Å². The minimum Gasteiger partial charge on any atom is -0.468 e. The Morgan fingerprint density at radius 1 is 1.08 bits per heavy atom. The molecular weight excluding hydrogens is 379 g/mol. The average Bonchev–Trinajstić information content (AvgIpc) is 3.25. The SMILES string of the molecule is O=C(CN(Cc1ccco1)Cc1cccs1)Nc1c(Cl)cccc1Cl. The molecule has 0 aliphatic rings. The predicted octanol–water partition coefficient (Wildman–Crippen LogP) is 5.29. The molecule has 1 amide bonds. The smallest absolute Gasteiger partial charge is 0.238 e. The molecule has 0 fully saturated rings. The third kappa shape index (κ3) is 5.09. The van der Waals surface area contributed by atoms with E-state index in [2.05, 4.69) is 5.32 Å². The number of benzene rings is 1. The second-order valence-electron chi connectivity index (χ2n) is 5.45. The van der Waals surface area contributed by atoms with Crippen LogP contribution in [0.5, 0.6) is 0 Å². The maximum atomic E-state index is 12.5. The molecule has 2 heterocycles. The lowest BCUT2D eigenvalue weighted by molar-refractivity contribution is -0.117. The monoisotopic (exact) mass is 394 g/mol. The summed E-state index contributed by atoms with van der Waals surface area (Å²) >= 11 is 13.9. The van der Waals surface area contributed by atoms with Crippen LogP contribution < -0.4 is 5.32 Å². The number of nitrogens with zero attached hydrogens (tertiary/aromatic N) is 1. The second kappa shape index (κ2) is 8.54. The van der Waals surface area contributed by atoms with E-state index in [9.17, 15) is 4.79 Å². The van der Waals surface area contributed by atoms with Crippen molar-refractivity contribution in [3.8, 4) is 0 Å². The number of para-hydroxylation sites is 1. The van der Waals surface area contributed by atoms with E-state index in [4.69, 9.17) is 27.6 Å². The van der Waals surface area contributed by atoms with Crippen LogP contribution in [0.25, 0.3) is 0 Å². The summed E-state index contributed by atoms with van der Waals surface area (Å²) in [5.74, 6) is 0.623. The van der Waals surface area contributed by atoms with Crippen LogP contribution >= 0.6 is 34.5 Å². The number of hydrogen-bond donors (Lipinski definition) is 1. The summed E-state index contributed by atoms with van der Waals surface area (Å²) in [7, 11) is 0. The van der Waals surface area contributed by atoms with Crippen molar-refractivity contribution in [2.24, 2.45) is 0 Å². The Balaban J connectivity index is 1.69. The molecule has 2 aromatic heterocycles. The minimum atomic E-state index is -0.182. The Bertz CT molecular complexity index is 763. The lowest BCUT2D eigenvalue weighted by Crippen LogP contribution is -2.32. The zero-order valence-corrected chi connectivity index (χ0v) is 15.6. The summed E-state index contributed by atoms with van der Waals surface area (Å²) in [5, 5.41) is 5.64. The van der Waals surface area contributed by atoms with E-state index in [-0.39, 0.29) is 12.5 Å². The highest BCUT2D eigenvalue weighted by molar-refractivity contribution is 7.09. The number of furan rings is 1. The number of hydrogen-bond acceptors (Lipinski definition) is 4. The van der Waals surface area contributed by atoms with Crippen LogP contribution in [-0.2, 0) is 17.9 Å². The van der Waals surface area contributed by atoms with Gasteiger partial charge in [0.05, 0.1) is 35.1 Å². The standard InChI is InChI=1S/C18H16Cl2N2O2S/c19-15-6-1-7-16(20)18(15)21-17(23)12-22(10-13-4-2-8-24-13)11-14-5-3-9-25-14/h1-9H,10-12H2,(H,21,23). The molecule has 4 nitrogen and oxygen atoms in total. The molecule has 1 N–H and O–H groups in total. The maximum Gasteiger partial charge on any atom is 0.238 e. The fraction of sp³-hybridized carbons (Fsp3) is 0.167. The van der Waals surface area contributed by atoms with Gasteiger partial charge in [-0.05, 0) is 35.7 Å². The van der Waals surface area contributed by atoms with Crippen molar-refractivity contribution < 1.29 is 9.21 Å². The molecule has 0 bridgehead atoms. The first-order chi connectivity index (χ1) is 12.1. The van der Waals surface area contributed by atoms with E-state index in [1.807, 2.05) is 34.5 Å². The lowest BCUT2D eigenvalue weighted by Gasteiger charge is -2.20. The van der Waals surface area contributed by atoms with Crippen LogP contribution in [-0.4, -0.2) is 17.4 Å². The van der Waals surface area contributed by atoms with Gasteiger partial charge in [-0.3, -0.25) is 9.69 Å². The van der Waals surface area contributed by atoms with Crippen LogP contribution in [0.3, 0.4) is 0 Å². The molecule has 3 rings (SSSR count). The van der Waals surface area contributed by atoms with Crippen molar-refractivity contribution in [3.63, 3.8) is 0 Å². The van der Waals surface area contributed by atoms with Gasteiger partial charge < -0.3 is 9.73 Å². The molecule has 7 heteroatoms. The second-order valence-corrected chi connectivity index (χ2v) is 7.30. The fourth-order valence-electron chi connectivity index (χ4n) is 2.41. The number of rotatable bonds is 7. The van der Waals surface area contributed by atoms with Crippen LogP contribution in [0.4, 0.5) is 5.69 Å². The molecule has 0 spiro atoms. The molecule has 3 aromatic rings. The van der Waals surface area contributed by atoms with Gasteiger partial charge in [-0.2, -0.15) is 0 Å². The number of thiophene rings is 1. The first kappa shape index (κ1) is 18.0. The van der Waals surface area contributed by atoms with Crippen LogP contribution in [0.15, 0.2) is 58.5 Å². The molecule has 0 aliphatic heterocycles. The van der Waals surface area contributed by atoms with E-state index < -0.39 is 0 Å². The number of anilines is 1. The van der Waals surface area contributed by atoms with Crippen molar-refractivity contribution in [1.82, 2.24) is 4.90 Å². The highest BCUT2D eigenvalue weighted by atomic mass is 35.5. The first-order valence-electron chi connectivity index (χ1n) is 7.63. The minimum absolute atomic E-state index is 0.182. The summed E-state index contributed by atoms with van der Waals surface area (Å²) in [5.41, 5.74) is 0.435. The summed E-state index contributed by atoms with van der Waals surface area (Å²) in [4.78, 5) is 15.7. The zero-order valence-electron chi connectivity index (χ0n) is 13.2. The largest absolute Gasteiger partial charge is 0.468 e. The van der Waals surface area contributed by atoms with Crippen molar-refractivity contribution >= 4 is 46.1 Å². The highest BCUT2D eigenvalue weighted by Gasteiger charge is 2.16. The molecule has 0 radical (unpaired) electrons. The van der Waals surface area contributed by atoms with Gasteiger partial charge in [0.1, 0.15) is 5.76 Å². The third-order valence-electron chi connectivity index (χ3n) is 3.51. The van der Waals surface area contributed by atoms with Crippen molar-refractivity contribution in [1.29, 1.82) is 0 Å². The summed E-state index contributed by atoms with van der Waals surface area (Å²) < 4.78 is 5.41. The Hall–Kier alpha value is -1.79. The summed E-state index contributed by atoms with van der Waals surface area (Å²) in [6, 6.07) is 12.9. The van der Waals surface area contributed by atoms with Gasteiger partial charge in [-0.25, -0.2) is 0 Å². The number of nitrogens with one attached hydrogen (secondary N) is 1. The number of amides is 1. The molecule has 0 atom stereocenters. The topological polar surface area (TPSA) is 45.5 Å². The number of halogens is 2. The van der Waals surface area contributed by atoms with Crippen molar-refractivity contribution in [3.05, 3.63) is 74.8 Å². The quantitative estimate of drug-likeness (QED) is 0.591. The number of carbonyl (C=O) groups excluding carboxylic acids is 1.